The number of carbonyl (C=O) groups excluding carboxylic acids is 1. The van der Waals surface area contributed by atoms with Crippen molar-refractivity contribution in [3.8, 4) is 0 Å². The Kier molecular flexibility index (Phi) is 5.37. The Morgan fingerprint density at radius 2 is 1.96 bits per heavy atom. The molecule has 1 aliphatic carbocycles. The Hall–Kier alpha value is -2.22. The molecular formula is C19H24N2O5S. The minimum Gasteiger partial charge on any atom is -0.454 e. The molecule has 3 rings (SSSR count). The van der Waals surface area contributed by atoms with Crippen LogP contribution in [0.15, 0.2) is 27.6 Å². The lowest BCUT2D eigenvalue weighted by Gasteiger charge is -2.27. The van der Waals surface area contributed by atoms with Crippen molar-refractivity contribution in [1.29, 1.82) is 0 Å². The molecule has 1 aromatic carbocycles. The number of rotatable bonds is 6. The normalized spacial score (nSPS) is 16.4. The Morgan fingerprint density at radius 1 is 1.26 bits per heavy atom. The fourth-order valence-corrected chi connectivity index (χ4v) is 5.85. The van der Waals surface area contributed by atoms with E-state index in [0.717, 1.165) is 5.56 Å². The molecule has 1 aromatic heterocycles. The van der Waals surface area contributed by atoms with Crippen molar-refractivity contribution in [2.45, 2.75) is 69.1 Å². The third-order valence-electron chi connectivity index (χ3n) is 5.08. The molecule has 0 aliphatic heterocycles. The number of benzene rings is 1. The van der Waals surface area contributed by atoms with Crippen LogP contribution in [0, 0.1) is 13.8 Å². The first-order valence-corrected chi connectivity index (χ1v) is 10.6. The maximum absolute atomic E-state index is 13.5. The minimum atomic E-state index is -3.90. The second-order valence-electron chi connectivity index (χ2n) is 7.01. The predicted octanol–water partition coefficient (Wildman–Crippen LogP) is 3.08. The summed E-state index contributed by atoms with van der Waals surface area (Å²) in [6.07, 6.45) is 2.44. The Morgan fingerprint density at radius 3 is 2.59 bits per heavy atom. The Balaban J connectivity index is 1.90. The molecule has 0 spiro atoms. The standard InChI is InChI=1S/C19H24N2O5S/c1-4-16-20-17(26-21-16)12-25-18(22)19(9-5-6-10-19)27(23,24)15-11-13(2)7-8-14(15)3/h7-8,11H,4-6,9-10,12H2,1-3H3. The van der Waals surface area contributed by atoms with Gasteiger partial charge in [0.15, 0.2) is 27.0 Å². The van der Waals surface area contributed by atoms with E-state index in [2.05, 4.69) is 10.1 Å². The first-order valence-electron chi connectivity index (χ1n) is 9.11. The molecule has 146 valence electrons. The molecule has 2 aromatic rings. The van der Waals surface area contributed by atoms with E-state index in [1.165, 1.54) is 0 Å². The zero-order valence-electron chi connectivity index (χ0n) is 15.8. The summed E-state index contributed by atoms with van der Waals surface area (Å²) in [5.74, 6) is -0.0609. The molecule has 0 radical (unpaired) electrons. The van der Waals surface area contributed by atoms with Gasteiger partial charge in [0.1, 0.15) is 0 Å². The third kappa shape index (κ3) is 3.50. The Labute approximate surface area is 159 Å². The summed E-state index contributed by atoms with van der Waals surface area (Å²) in [5.41, 5.74) is 1.46. The molecule has 1 saturated carbocycles. The molecular weight excluding hydrogens is 368 g/mol. The molecule has 1 aliphatic rings. The van der Waals surface area contributed by atoms with Crippen molar-refractivity contribution in [3.63, 3.8) is 0 Å². The van der Waals surface area contributed by atoms with Gasteiger partial charge < -0.3 is 9.26 Å². The smallest absolute Gasteiger partial charge is 0.328 e. The monoisotopic (exact) mass is 392 g/mol. The van der Waals surface area contributed by atoms with Crippen LogP contribution in [0.25, 0.3) is 0 Å². The van der Waals surface area contributed by atoms with Crippen LogP contribution < -0.4 is 0 Å². The van der Waals surface area contributed by atoms with Crippen LogP contribution in [0.1, 0.15) is 55.4 Å². The van der Waals surface area contributed by atoms with Gasteiger partial charge in [-0.1, -0.05) is 37.1 Å². The summed E-state index contributed by atoms with van der Waals surface area (Å²) in [4.78, 5) is 17.2. The maximum atomic E-state index is 13.5. The molecule has 0 unspecified atom stereocenters. The number of hydrogen-bond acceptors (Lipinski definition) is 7. The summed E-state index contributed by atoms with van der Waals surface area (Å²) in [6.45, 7) is 5.23. The first-order chi connectivity index (χ1) is 12.8. The molecule has 0 amide bonds. The van der Waals surface area contributed by atoms with Gasteiger partial charge in [-0.05, 0) is 43.9 Å². The number of aryl methyl sites for hydroxylation is 3. The number of sulfone groups is 1. The van der Waals surface area contributed by atoms with Gasteiger partial charge >= 0.3 is 5.97 Å². The minimum absolute atomic E-state index is 0.164. The lowest BCUT2D eigenvalue weighted by atomic mass is 10.1. The van der Waals surface area contributed by atoms with E-state index < -0.39 is 20.6 Å². The topological polar surface area (TPSA) is 99.4 Å². The summed E-state index contributed by atoms with van der Waals surface area (Å²) in [6, 6.07) is 5.25. The molecule has 1 heterocycles. The Bertz CT molecular complexity index is 943. The maximum Gasteiger partial charge on any atom is 0.328 e. The fraction of sp³-hybridized carbons (Fsp3) is 0.526. The van der Waals surface area contributed by atoms with E-state index in [1.54, 1.807) is 19.1 Å². The number of aromatic nitrogens is 2. The van der Waals surface area contributed by atoms with E-state index in [0.29, 0.717) is 30.7 Å². The molecule has 27 heavy (non-hydrogen) atoms. The highest BCUT2D eigenvalue weighted by Gasteiger charge is 2.54. The number of nitrogens with zero attached hydrogens (tertiary/aromatic N) is 2. The van der Waals surface area contributed by atoms with Gasteiger partial charge in [0.25, 0.3) is 5.89 Å². The third-order valence-corrected chi connectivity index (χ3v) is 7.71. The molecule has 0 atom stereocenters. The van der Waals surface area contributed by atoms with Crippen molar-refractivity contribution in [2.24, 2.45) is 0 Å². The van der Waals surface area contributed by atoms with Crippen molar-refractivity contribution >= 4 is 15.8 Å². The van der Waals surface area contributed by atoms with Crippen LogP contribution in [0.3, 0.4) is 0 Å². The van der Waals surface area contributed by atoms with Crippen molar-refractivity contribution < 1.29 is 22.5 Å². The lowest BCUT2D eigenvalue weighted by Crippen LogP contribution is -2.45. The van der Waals surface area contributed by atoms with Crippen LogP contribution in [-0.4, -0.2) is 29.3 Å². The predicted molar refractivity (Wildman–Crippen MR) is 97.8 cm³/mol. The summed E-state index contributed by atoms with van der Waals surface area (Å²) < 4.78 is 35.8. The van der Waals surface area contributed by atoms with Crippen LogP contribution in [0.4, 0.5) is 0 Å². The molecule has 7 nitrogen and oxygen atoms in total. The second-order valence-corrected chi connectivity index (χ2v) is 9.24. The average molecular weight is 392 g/mol. The summed E-state index contributed by atoms with van der Waals surface area (Å²) in [5, 5.41) is 3.75. The number of carbonyl (C=O) groups is 1. The van der Waals surface area contributed by atoms with Crippen molar-refractivity contribution in [2.75, 3.05) is 0 Å². The van der Waals surface area contributed by atoms with Gasteiger partial charge in [-0.15, -0.1) is 0 Å². The molecule has 0 N–H and O–H groups in total. The fourth-order valence-electron chi connectivity index (χ4n) is 3.49. The zero-order valence-corrected chi connectivity index (χ0v) is 16.6. The van der Waals surface area contributed by atoms with Crippen LogP contribution in [-0.2, 0) is 32.4 Å². The van der Waals surface area contributed by atoms with Crippen LogP contribution in [0.2, 0.25) is 0 Å². The van der Waals surface area contributed by atoms with E-state index in [4.69, 9.17) is 9.26 Å². The highest BCUT2D eigenvalue weighted by molar-refractivity contribution is 7.93. The van der Waals surface area contributed by atoms with Crippen LogP contribution >= 0.6 is 0 Å². The quantitative estimate of drug-likeness (QED) is 0.697. The number of ether oxygens (including phenoxy) is 1. The number of hydrogen-bond donors (Lipinski definition) is 0. The van der Waals surface area contributed by atoms with Gasteiger partial charge in [-0.25, -0.2) is 8.42 Å². The average Bonchev–Trinajstić information content (AvgIpc) is 3.31. The van der Waals surface area contributed by atoms with E-state index in [1.807, 2.05) is 19.9 Å². The first kappa shape index (κ1) is 19.5. The molecule has 8 heteroatoms. The zero-order chi connectivity index (χ0) is 19.7. The lowest BCUT2D eigenvalue weighted by molar-refractivity contribution is -0.148. The number of esters is 1. The second kappa shape index (κ2) is 7.42. The largest absolute Gasteiger partial charge is 0.454 e. The SMILES string of the molecule is CCc1noc(COC(=O)C2(S(=O)(=O)c3cc(C)ccc3C)CCCC2)n1. The highest BCUT2D eigenvalue weighted by Crippen LogP contribution is 2.42. The van der Waals surface area contributed by atoms with Gasteiger partial charge in [0.05, 0.1) is 4.90 Å². The van der Waals surface area contributed by atoms with Gasteiger partial charge in [0, 0.05) is 6.42 Å². The summed E-state index contributed by atoms with van der Waals surface area (Å²) in [7, 11) is -3.90. The van der Waals surface area contributed by atoms with E-state index in [9.17, 15) is 13.2 Å². The van der Waals surface area contributed by atoms with Crippen molar-refractivity contribution in [1.82, 2.24) is 10.1 Å². The van der Waals surface area contributed by atoms with Gasteiger partial charge in [-0.3, -0.25) is 4.79 Å². The van der Waals surface area contributed by atoms with Crippen LogP contribution in [0.5, 0.6) is 0 Å². The van der Waals surface area contributed by atoms with E-state index >= 15 is 0 Å². The highest BCUT2D eigenvalue weighted by atomic mass is 32.2. The molecule has 0 saturated heterocycles. The molecule has 1 fully saturated rings. The van der Waals surface area contributed by atoms with E-state index in [-0.39, 0.29) is 30.2 Å². The summed E-state index contributed by atoms with van der Waals surface area (Å²) >= 11 is 0. The van der Waals surface area contributed by atoms with Gasteiger partial charge in [0.2, 0.25) is 0 Å². The molecule has 0 bridgehead atoms. The van der Waals surface area contributed by atoms with Gasteiger partial charge in [-0.2, -0.15) is 4.98 Å². The van der Waals surface area contributed by atoms with Crippen molar-refractivity contribution in [3.05, 3.63) is 41.0 Å².